The van der Waals surface area contributed by atoms with Gasteiger partial charge in [-0.3, -0.25) is 4.79 Å². The molecule has 0 saturated carbocycles. The van der Waals surface area contributed by atoms with Crippen LogP contribution < -0.4 is 15.4 Å². The lowest BCUT2D eigenvalue weighted by Gasteiger charge is -2.09. The number of thiazole rings is 1. The molecule has 0 bridgehead atoms. The van der Waals surface area contributed by atoms with Gasteiger partial charge in [-0.2, -0.15) is 0 Å². The van der Waals surface area contributed by atoms with Gasteiger partial charge in [-0.25, -0.2) is 9.97 Å². The lowest BCUT2D eigenvalue weighted by Crippen LogP contribution is -2.26. The molecule has 2 aromatic heterocycles. The summed E-state index contributed by atoms with van der Waals surface area (Å²) in [5, 5.41) is 15.5. The van der Waals surface area contributed by atoms with Crippen LogP contribution >= 0.6 is 11.3 Å². The van der Waals surface area contributed by atoms with E-state index in [1.807, 2.05) is 6.92 Å². The van der Waals surface area contributed by atoms with Gasteiger partial charge >= 0.3 is 6.36 Å². The van der Waals surface area contributed by atoms with Crippen LogP contribution in [0.15, 0.2) is 36.4 Å². The minimum atomic E-state index is -4.76. The number of anilines is 2. The number of rotatable bonds is 8. The Morgan fingerprint density at radius 1 is 1.21 bits per heavy atom. The zero-order valence-corrected chi connectivity index (χ0v) is 19.1. The van der Waals surface area contributed by atoms with Crippen LogP contribution in [0, 0.1) is 5.92 Å². The van der Waals surface area contributed by atoms with Crippen LogP contribution in [-0.2, 0) is 7.05 Å². The molecular weight excluding hydrogens is 471 g/mol. The fourth-order valence-electron chi connectivity index (χ4n) is 3.33. The van der Waals surface area contributed by atoms with Crippen LogP contribution in [-0.4, -0.2) is 45.1 Å². The first-order chi connectivity index (χ1) is 16.1. The van der Waals surface area contributed by atoms with Crippen molar-refractivity contribution in [3.05, 3.63) is 42.0 Å². The molecule has 0 aliphatic heterocycles. The number of aromatic nitrogens is 3. The van der Waals surface area contributed by atoms with E-state index in [1.54, 1.807) is 29.8 Å². The molecule has 180 valence electrons. The van der Waals surface area contributed by atoms with Crippen molar-refractivity contribution >= 4 is 49.6 Å². The highest BCUT2D eigenvalue weighted by Gasteiger charge is 2.31. The third-order valence-corrected chi connectivity index (χ3v) is 6.12. The van der Waals surface area contributed by atoms with Crippen molar-refractivity contribution < 1.29 is 27.8 Å². The summed E-state index contributed by atoms with van der Waals surface area (Å²) in [7, 11) is 1.80. The van der Waals surface area contributed by atoms with Crippen molar-refractivity contribution in [2.75, 3.05) is 18.5 Å². The summed E-state index contributed by atoms with van der Waals surface area (Å²) < 4.78 is 43.7. The number of ether oxygens (including phenoxy) is 1. The first-order valence-corrected chi connectivity index (χ1v) is 11.2. The van der Waals surface area contributed by atoms with Crippen LogP contribution in [0.2, 0.25) is 0 Å². The third kappa shape index (κ3) is 5.39. The van der Waals surface area contributed by atoms with E-state index in [4.69, 9.17) is 5.11 Å². The molecule has 0 spiro atoms. The van der Waals surface area contributed by atoms with Gasteiger partial charge in [-0.05, 0) is 42.7 Å². The van der Waals surface area contributed by atoms with Gasteiger partial charge in [0.25, 0.3) is 5.91 Å². The van der Waals surface area contributed by atoms with Gasteiger partial charge in [0.15, 0.2) is 5.13 Å². The average molecular weight is 494 g/mol. The quantitative estimate of drug-likeness (QED) is 0.332. The van der Waals surface area contributed by atoms with E-state index < -0.39 is 6.36 Å². The highest BCUT2D eigenvalue weighted by Crippen LogP contribution is 2.33. The SMILES string of the molecule is C[C@@H](CO)CCNC(=O)c1ccc2c(c1)nc(Nc1nc3ccc(OC(F)(F)F)cc3s1)n2C. The Kier molecular flexibility index (Phi) is 6.62. The number of fused-ring (bicyclic) bond motifs is 2. The second kappa shape index (κ2) is 9.47. The van der Waals surface area contributed by atoms with Gasteiger partial charge < -0.3 is 25.0 Å². The molecule has 0 aliphatic rings. The molecule has 4 aromatic rings. The van der Waals surface area contributed by atoms with Gasteiger partial charge in [0.1, 0.15) is 5.75 Å². The Morgan fingerprint density at radius 2 is 2.00 bits per heavy atom. The number of nitrogens with one attached hydrogen (secondary N) is 2. The summed E-state index contributed by atoms with van der Waals surface area (Å²) >= 11 is 1.17. The molecule has 3 N–H and O–H groups in total. The number of nitrogens with zero attached hydrogens (tertiary/aromatic N) is 3. The summed E-state index contributed by atoms with van der Waals surface area (Å²) in [6, 6.07) is 9.14. The molecule has 0 saturated heterocycles. The van der Waals surface area contributed by atoms with Crippen molar-refractivity contribution in [2.45, 2.75) is 19.7 Å². The number of aliphatic hydroxyl groups excluding tert-OH is 1. The summed E-state index contributed by atoms with van der Waals surface area (Å²) in [5.41, 5.74) is 2.37. The number of aliphatic hydroxyl groups is 1. The first kappa shape index (κ1) is 23.8. The molecule has 0 fully saturated rings. The van der Waals surface area contributed by atoms with Crippen molar-refractivity contribution in [1.29, 1.82) is 0 Å². The van der Waals surface area contributed by atoms with Crippen LogP contribution in [0.3, 0.4) is 0 Å². The zero-order chi connectivity index (χ0) is 24.5. The Morgan fingerprint density at radius 3 is 2.74 bits per heavy atom. The monoisotopic (exact) mass is 493 g/mol. The average Bonchev–Trinajstić information content (AvgIpc) is 3.31. The largest absolute Gasteiger partial charge is 0.573 e. The van der Waals surface area contributed by atoms with Crippen molar-refractivity contribution in [3.63, 3.8) is 0 Å². The van der Waals surface area contributed by atoms with Gasteiger partial charge in [-0.1, -0.05) is 18.3 Å². The van der Waals surface area contributed by atoms with Gasteiger partial charge in [0, 0.05) is 31.8 Å². The van der Waals surface area contributed by atoms with Gasteiger partial charge in [0.2, 0.25) is 5.95 Å². The number of alkyl halides is 3. The molecule has 4 rings (SSSR count). The van der Waals surface area contributed by atoms with Crippen LogP contribution in [0.25, 0.3) is 21.3 Å². The number of aryl methyl sites for hydroxylation is 1. The molecular formula is C22H22F3N5O3S. The summed E-state index contributed by atoms with van der Waals surface area (Å²) in [6.07, 6.45) is -4.09. The number of carbonyl (C=O) groups is 1. The smallest absolute Gasteiger partial charge is 0.406 e. The normalized spacial score (nSPS) is 12.8. The maximum atomic E-state index is 12.5. The van der Waals surface area contributed by atoms with Gasteiger partial charge in [-0.15, -0.1) is 13.2 Å². The van der Waals surface area contributed by atoms with E-state index in [0.29, 0.717) is 45.3 Å². The number of benzene rings is 2. The molecule has 0 radical (unpaired) electrons. The van der Waals surface area contributed by atoms with Crippen LogP contribution in [0.5, 0.6) is 5.75 Å². The van der Waals surface area contributed by atoms with E-state index in [9.17, 15) is 18.0 Å². The summed E-state index contributed by atoms with van der Waals surface area (Å²) in [5.74, 6) is 0.0402. The minimum Gasteiger partial charge on any atom is -0.406 e. The van der Waals surface area contributed by atoms with Crippen LogP contribution in [0.1, 0.15) is 23.7 Å². The predicted molar refractivity (Wildman–Crippen MR) is 123 cm³/mol. The van der Waals surface area contributed by atoms with E-state index in [0.717, 1.165) is 5.52 Å². The fourth-order valence-corrected chi connectivity index (χ4v) is 4.22. The molecule has 8 nitrogen and oxygen atoms in total. The molecule has 0 aliphatic carbocycles. The topological polar surface area (TPSA) is 101 Å². The number of amides is 1. The lowest BCUT2D eigenvalue weighted by atomic mass is 10.1. The molecule has 1 amide bonds. The molecule has 2 heterocycles. The second-order valence-corrected chi connectivity index (χ2v) is 8.88. The Bertz CT molecular complexity index is 1330. The standard InChI is InChI=1S/C22H22F3N5O3S/c1-12(11-31)7-8-26-19(32)13-3-6-17-16(9-13)27-20(30(17)2)29-21-28-15-5-4-14(10-18(15)34-21)33-22(23,24)25/h3-6,9-10,12,31H,7-8,11H2,1-2H3,(H,26,32)(H,27,28,29)/t12-/m1/s1. The number of hydrogen-bond acceptors (Lipinski definition) is 7. The number of imidazole rings is 1. The van der Waals surface area contributed by atoms with Crippen molar-refractivity contribution in [1.82, 2.24) is 19.9 Å². The summed E-state index contributed by atoms with van der Waals surface area (Å²) in [6.45, 7) is 2.44. The van der Waals surface area contributed by atoms with E-state index in [2.05, 4.69) is 25.3 Å². The van der Waals surface area contributed by atoms with E-state index in [1.165, 1.54) is 29.5 Å². The second-order valence-electron chi connectivity index (χ2n) is 7.85. The summed E-state index contributed by atoms with van der Waals surface area (Å²) in [4.78, 5) is 21.4. The Labute approximate surface area is 196 Å². The van der Waals surface area contributed by atoms with Crippen molar-refractivity contribution in [2.24, 2.45) is 13.0 Å². The first-order valence-electron chi connectivity index (χ1n) is 10.4. The molecule has 0 unspecified atom stereocenters. The highest BCUT2D eigenvalue weighted by atomic mass is 32.1. The van der Waals surface area contributed by atoms with Gasteiger partial charge in [0.05, 0.1) is 21.3 Å². The van der Waals surface area contributed by atoms with Crippen molar-refractivity contribution in [3.8, 4) is 5.75 Å². The van der Waals surface area contributed by atoms with E-state index >= 15 is 0 Å². The third-order valence-electron chi connectivity index (χ3n) is 5.19. The highest BCUT2D eigenvalue weighted by molar-refractivity contribution is 7.22. The predicted octanol–water partition coefficient (Wildman–Crippen LogP) is 4.57. The zero-order valence-electron chi connectivity index (χ0n) is 18.3. The maximum absolute atomic E-state index is 12.5. The number of carbonyl (C=O) groups excluding carboxylic acids is 1. The number of hydrogen-bond donors (Lipinski definition) is 3. The lowest BCUT2D eigenvalue weighted by molar-refractivity contribution is -0.274. The number of halogens is 3. The minimum absolute atomic E-state index is 0.0721. The van der Waals surface area contributed by atoms with Crippen LogP contribution in [0.4, 0.5) is 24.3 Å². The molecule has 2 aromatic carbocycles. The Balaban J connectivity index is 1.51. The molecule has 12 heteroatoms. The Hall–Kier alpha value is -3.38. The maximum Gasteiger partial charge on any atom is 0.573 e. The molecule has 34 heavy (non-hydrogen) atoms. The molecule has 1 atom stereocenters. The van der Waals surface area contributed by atoms with E-state index in [-0.39, 0.29) is 24.2 Å². The fraction of sp³-hybridized carbons (Fsp3) is 0.318.